The number of aromatic nitrogens is 1. The van der Waals surface area contributed by atoms with Gasteiger partial charge in [0, 0.05) is 32.8 Å². The lowest BCUT2D eigenvalue weighted by Crippen LogP contribution is -2.42. The largest absolute Gasteiger partial charge is 0.255 e. The summed E-state index contributed by atoms with van der Waals surface area (Å²) in [5, 5.41) is 4.30. The highest BCUT2D eigenvalue weighted by molar-refractivity contribution is 7.26. The Labute approximate surface area is 198 Å². The number of nitrogens with zero attached hydrogens (tertiary/aromatic N) is 1. The van der Waals surface area contributed by atoms with Crippen LogP contribution in [0, 0.1) is 0 Å². The molecule has 0 atom stereocenters. The molecule has 0 amide bonds. The summed E-state index contributed by atoms with van der Waals surface area (Å²) in [6.07, 6.45) is 1.80. The molecular formula is C28H27F2NSSi. The molecule has 0 saturated heterocycles. The normalized spacial score (nSPS) is 13.0. The van der Waals surface area contributed by atoms with E-state index in [0.29, 0.717) is 10.6 Å². The Morgan fingerprint density at radius 1 is 0.848 bits per heavy atom. The van der Waals surface area contributed by atoms with Gasteiger partial charge in [-0.3, -0.25) is 4.98 Å². The van der Waals surface area contributed by atoms with Crippen molar-refractivity contribution in [1.82, 2.24) is 4.98 Å². The number of halogens is 2. The summed E-state index contributed by atoms with van der Waals surface area (Å²) >= 11 is 1.45. The minimum Gasteiger partial charge on any atom is -0.255 e. The van der Waals surface area contributed by atoms with Crippen LogP contribution in [0.1, 0.15) is 30.9 Å². The third-order valence-corrected chi connectivity index (χ3v) is 9.90. The van der Waals surface area contributed by atoms with Gasteiger partial charge in [0.2, 0.25) is 0 Å². The molecule has 0 spiro atoms. The molecule has 3 aromatic carbocycles. The van der Waals surface area contributed by atoms with Gasteiger partial charge < -0.3 is 0 Å². The lowest BCUT2D eigenvalue weighted by atomic mass is 9.92. The predicted molar refractivity (Wildman–Crippen MR) is 141 cm³/mol. The molecule has 2 heterocycles. The molecule has 0 aliphatic carbocycles. The first-order valence-corrected chi connectivity index (χ1v) is 15.6. The van der Waals surface area contributed by atoms with Crippen molar-refractivity contribution in [3.8, 4) is 11.3 Å². The number of hydrogen-bond donors (Lipinski definition) is 0. The van der Waals surface area contributed by atoms with E-state index in [1.165, 1.54) is 27.7 Å². The fourth-order valence-electron chi connectivity index (χ4n) is 4.54. The van der Waals surface area contributed by atoms with Crippen molar-refractivity contribution < 1.29 is 8.78 Å². The van der Waals surface area contributed by atoms with Gasteiger partial charge in [-0.2, -0.15) is 0 Å². The van der Waals surface area contributed by atoms with Gasteiger partial charge in [0.25, 0.3) is 5.55 Å². The molecule has 168 valence electrons. The van der Waals surface area contributed by atoms with E-state index < -0.39 is 13.6 Å². The van der Waals surface area contributed by atoms with E-state index in [2.05, 4.69) is 50.2 Å². The zero-order valence-electron chi connectivity index (χ0n) is 19.5. The van der Waals surface area contributed by atoms with Gasteiger partial charge >= 0.3 is 0 Å². The van der Waals surface area contributed by atoms with Gasteiger partial charge in [-0.25, -0.2) is 8.78 Å². The molecule has 0 N–H and O–H groups in total. The predicted octanol–water partition coefficient (Wildman–Crippen LogP) is 9.36. The Morgan fingerprint density at radius 3 is 2.27 bits per heavy atom. The number of fused-ring (bicyclic) bond motifs is 4. The molecule has 2 aromatic heterocycles. The molecule has 1 nitrogen and oxygen atoms in total. The number of thiophene rings is 1. The molecular weight excluding hydrogens is 448 g/mol. The average molecular weight is 476 g/mol. The first-order valence-electron chi connectivity index (χ1n) is 11.3. The summed E-state index contributed by atoms with van der Waals surface area (Å²) < 4.78 is 32.7. The second-order valence-electron chi connectivity index (χ2n) is 10.1. The van der Waals surface area contributed by atoms with Crippen LogP contribution in [0.2, 0.25) is 19.6 Å². The van der Waals surface area contributed by atoms with Crippen LogP contribution in [-0.2, 0) is 5.55 Å². The maximum Gasteiger partial charge on any atom is 0.254 e. The summed E-state index contributed by atoms with van der Waals surface area (Å²) in [5.74, 6) is 0.360. The number of pyridine rings is 1. The number of benzene rings is 3. The summed E-state index contributed by atoms with van der Waals surface area (Å²) in [4.78, 5) is 4.75. The van der Waals surface area contributed by atoms with Crippen molar-refractivity contribution in [2.75, 3.05) is 0 Å². The summed E-state index contributed by atoms with van der Waals surface area (Å²) in [6, 6.07) is 20.1. The van der Waals surface area contributed by atoms with Crippen molar-refractivity contribution in [2.24, 2.45) is 0 Å². The molecule has 0 radical (unpaired) electrons. The van der Waals surface area contributed by atoms with Crippen molar-refractivity contribution in [3.63, 3.8) is 0 Å². The van der Waals surface area contributed by atoms with Crippen molar-refractivity contribution >= 4 is 50.4 Å². The fourth-order valence-corrected chi connectivity index (χ4v) is 7.00. The van der Waals surface area contributed by atoms with Gasteiger partial charge in [-0.15, -0.1) is 11.3 Å². The van der Waals surface area contributed by atoms with E-state index in [1.807, 2.05) is 12.1 Å². The maximum atomic E-state index is 15.5. The Hall–Kier alpha value is -2.63. The molecule has 0 aliphatic rings. The van der Waals surface area contributed by atoms with Crippen LogP contribution in [0.25, 0.3) is 42.2 Å². The van der Waals surface area contributed by atoms with Crippen LogP contribution in [0.3, 0.4) is 0 Å². The molecule has 0 bridgehead atoms. The van der Waals surface area contributed by atoms with Gasteiger partial charge in [0.15, 0.2) is 0 Å². The quantitative estimate of drug-likeness (QED) is 0.236. The van der Waals surface area contributed by atoms with Crippen LogP contribution in [0.5, 0.6) is 0 Å². The van der Waals surface area contributed by atoms with Crippen LogP contribution in [-0.4, -0.2) is 13.1 Å². The van der Waals surface area contributed by atoms with Crippen LogP contribution < -0.4 is 0 Å². The topological polar surface area (TPSA) is 12.9 Å². The van der Waals surface area contributed by atoms with Gasteiger partial charge in [-0.05, 0) is 40.5 Å². The monoisotopic (exact) mass is 475 g/mol. The van der Waals surface area contributed by atoms with Crippen LogP contribution in [0.15, 0.2) is 66.9 Å². The summed E-state index contributed by atoms with van der Waals surface area (Å²) in [5.41, 5.74) is 0.521. The zero-order chi connectivity index (χ0) is 23.5. The van der Waals surface area contributed by atoms with E-state index in [9.17, 15) is 0 Å². The number of alkyl halides is 2. The lowest BCUT2D eigenvalue weighted by Gasteiger charge is -2.29. The molecule has 0 fully saturated rings. The molecule has 5 heteroatoms. The van der Waals surface area contributed by atoms with Crippen LogP contribution in [0.4, 0.5) is 8.78 Å². The molecule has 5 aromatic rings. The van der Waals surface area contributed by atoms with Crippen molar-refractivity contribution in [2.45, 2.75) is 45.0 Å². The summed E-state index contributed by atoms with van der Waals surface area (Å²) in [7, 11) is -2.76. The van der Waals surface area contributed by atoms with Gasteiger partial charge in [0.1, 0.15) is 8.07 Å². The minimum atomic E-state index is -2.81. The van der Waals surface area contributed by atoms with Gasteiger partial charge in [0.05, 0.1) is 10.4 Å². The Balaban J connectivity index is 1.82. The van der Waals surface area contributed by atoms with Gasteiger partial charge in [-0.1, -0.05) is 76.0 Å². The maximum absolute atomic E-state index is 15.5. The minimum absolute atomic E-state index is 0.160. The Morgan fingerprint density at radius 2 is 1.55 bits per heavy atom. The molecule has 0 unspecified atom stereocenters. The summed E-state index contributed by atoms with van der Waals surface area (Å²) in [6.45, 7) is 9.59. The fraction of sp³-hybridized carbons (Fsp3) is 0.250. The third-order valence-electron chi connectivity index (χ3n) is 6.48. The van der Waals surface area contributed by atoms with E-state index in [0.717, 1.165) is 26.7 Å². The lowest BCUT2D eigenvalue weighted by molar-refractivity contribution is 0.0814. The standard InChI is InChI=1S/C28H27F2NSSi/c1-17(2)23-16-19(15-18-9-6-7-10-20(18)23)25-27-22(13-14-31-25)21-11-8-12-24(26(21)32-27)28(29,30)33(3,4)5/h6-17H,1-5H3. The van der Waals surface area contributed by atoms with E-state index >= 15 is 8.78 Å². The highest BCUT2D eigenvalue weighted by Gasteiger charge is 2.47. The van der Waals surface area contributed by atoms with Crippen LogP contribution >= 0.6 is 11.3 Å². The van der Waals surface area contributed by atoms with Crippen molar-refractivity contribution in [1.29, 1.82) is 0 Å². The highest BCUT2D eigenvalue weighted by Crippen LogP contribution is 2.47. The van der Waals surface area contributed by atoms with Crippen molar-refractivity contribution in [3.05, 3.63) is 78.0 Å². The van der Waals surface area contributed by atoms with E-state index in [-0.39, 0.29) is 5.56 Å². The Bertz CT molecular complexity index is 1510. The second kappa shape index (κ2) is 7.71. The van der Waals surface area contributed by atoms with E-state index in [4.69, 9.17) is 4.98 Å². The zero-order valence-corrected chi connectivity index (χ0v) is 21.4. The molecule has 0 saturated carbocycles. The molecule has 33 heavy (non-hydrogen) atoms. The first kappa shape index (κ1) is 22.2. The van der Waals surface area contributed by atoms with E-state index in [1.54, 1.807) is 38.0 Å². The third kappa shape index (κ3) is 3.49. The number of hydrogen-bond acceptors (Lipinski definition) is 2. The smallest absolute Gasteiger partial charge is 0.254 e. The first-order chi connectivity index (χ1) is 15.6. The number of rotatable bonds is 4. The Kier molecular flexibility index (Phi) is 5.18. The molecule has 0 aliphatic heterocycles. The second-order valence-corrected chi connectivity index (χ2v) is 16.2. The average Bonchev–Trinajstić information content (AvgIpc) is 3.16. The highest BCUT2D eigenvalue weighted by atomic mass is 32.1. The molecule has 5 rings (SSSR count). The SMILES string of the molecule is CC(C)c1cc(-c2nccc3c2sc2c(C(F)(F)[Si](C)(C)C)cccc23)cc2ccccc12.